The van der Waals surface area contributed by atoms with E-state index in [2.05, 4.69) is 10.3 Å². The number of anilines is 1. The number of pyridine rings is 1. The van der Waals surface area contributed by atoms with E-state index in [1.165, 1.54) is 0 Å². The predicted octanol–water partition coefficient (Wildman–Crippen LogP) is 2.43. The third-order valence-electron chi connectivity index (χ3n) is 1.54. The van der Waals surface area contributed by atoms with Gasteiger partial charge >= 0.3 is 0 Å². The van der Waals surface area contributed by atoms with Gasteiger partial charge in [-0.15, -0.1) is 0 Å². The first-order valence-electron chi connectivity index (χ1n) is 4.12. The number of hydrogen-bond acceptors (Lipinski definition) is 3. The normalized spacial score (nSPS) is 9.86. The number of thioether (sulfide) groups is 1. The SMILES string of the molecule is CSCCC(=O)Nc1ccnc(Cl)c1. The van der Waals surface area contributed by atoms with E-state index < -0.39 is 0 Å². The van der Waals surface area contributed by atoms with Crippen LogP contribution in [0.25, 0.3) is 0 Å². The number of halogens is 1. The van der Waals surface area contributed by atoms with Crippen LogP contribution in [0.3, 0.4) is 0 Å². The van der Waals surface area contributed by atoms with Crippen LogP contribution in [0.5, 0.6) is 0 Å². The van der Waals surface area contributed by atoms with Gasteiger partial charge in [0, 0.05) is 24.1 Å². The van der Waals surface area contributed by atoms with Gasteiger partial charge in [0.15, 0.2) is 0 Å². The summed E-state index contributed by atoms with van der Waals surface area (Å²) >= 11 is 7.31. The molecule has 1 N–H and O–H groups in total. The van der Waals surface area contributed by atoms with Crippen molar-refractivity contribution in [2.24, 2.45) is 0 Å². The quantitative estimate of drug-likeness (QED) is 0.808. The molecule has 0 unspecified atom stereocenters. The first-order valence-corrected chi connectivity index (χ1v) is 5.90. The fourth-order valence-electron chi connectivity index (χ4n) is 0.898. The van der Waals surface area contributed by atoms with Crippen LogP contribution in [0.4, 0.5) is 5.69 Å². The largest absolute Gasteiger partial charge is 0.326 e. The van der Waals surface area contributed by atoms with Crippen molar-refractivity contribution in [2.75, 3.05) is 17.3 Å². The Morgan fingerprint density at radius 3 is 3.14 bits per heavy atom. The Morgan fingerprint density at radius 2 is 2.50 bits per heavy atom. The Kier molecular flexibility index (Phi) is 4.76. The van der Waals surface area contributed by atoms with Crippen LogP contribution >= 0.6 is 23.4 Å². The van der Waals surface area contributed by atoms with Gasteiger partial charge in [0.05, 0.1) is 0 Å². The van der Waals surface area contributed by atoms with E-state index in [0.29, 0.717) is 17.3 Å². The maximum Gasteiger partial charge on any atom is 0.225 e. The third kappa shape index (κ3) is 3.98. The maximum absolute atomic E-state index is 11.3. The highest BCUT2D eigenvalue weighted by molar-refractivity contribution is 7.98. The number of amides is 1. The zero-order valence-electron chi connectivity index (χ0n) is 7.79. The number of aromatic nitrogens is 1. The number of hydrogen-bond donors (Lipinski definition) is 1. The lowest BCUT2D eigenvalue weighted by Gasteiger charge is -2.03. The minimum Gasteiger partial charge on any atom is -0.326 e. The highest BCUT2D eigenvalue weighted by Gasteiger charge is 2.01. The number of carbonyl (C=O) groups is 1. The molecule has 0 fully saturated rings. The molecule has 0 aromatic carbocycles. The van der Waals surface area contributed by atoms with Crippen molar-refractivity contribution in [1.82, 2.24) is 4.98 Å². The van der Waals surface area contributed by atoms with Gasteiger partial charge in [-0.1, -0.05) is 11.6 Å². The summed E-state index contributed by atoms with van der Waals surface area (Å²) in [4.78, 5) is 15.1. The van der Waals surface area contributed by atoms with Gasteiger partial charge in [0.1, 0.15) is 5.15 Å². The second-order valence-corrected chi connectivity index (χ2v) is 4.03. The fraction of sp³-hybridized carbons (Fsp3) is 0.333. The van der Waals surface area contributed by atoms with Gasteiger partial charge in [0.25, 0.3) is 0 Å². The first-order chi connectivity index (χ1) is 6.72. The number of nitrogens with zero attached hydrogens (tertiary/aromatic N) is 1. The van der Waals surface area contributed by atoms with E-state index in [0.717, 1.165) is 5.75 Å². The van der Waals surface area contributed by atoms with Crippen LogP contribution < -0.4 is 5.32 Å². The standard InChI is InChI=1S/C9H11ClN2OS/c1-14-5-3-9(13)12-7-2-4-11-8(10)6-7/h2,4,6H,3,5H2,1H3,(H,11,12,13). The molecule has 0 atom stereocenters. The van der Waals surface area contributed by atoms with E-state index >= 15 is 0 Å². The lowest BCUT2D eigenvalue weighted by atomic mass is 10.4. The smallest absolute Gasteiger partial charge is 0.225 e. The zero-order chi connectivity index (χ0) is 10.4. The van der Waals surface area contributed by atoms with Crippen molar-refractivity contribution < 1.29 is 4.79 Å². The van der Waals surface area contributed by atoms with Crippen molar-refractivity contribution in [1.29, 1.82) is 0 Å². The zero-order valence-corrected chi connectivity index (χ0v) is 9.36. The summed E-state index contributed by atoms with van der Waals surface area (Å²) in [5.41, 5.74) is 0.691. The Bertz CT molecular complexity index is 319. The molecule has 0 aliphatic carbocycles. The molecule has 0 saturated carbocycles. The van der Waals surface area contributed by atoms with Gasteiger partial charge in [-0.05, 0) is 18.4 Å². The first kappa shape index (κ1) is 11.3. The van der Waals surface area contributed by atoms with E-state index in [4.69, 9.17) is 11.6 Å². The summed E-state index contributed by atoms with van der Waals surface area (Å²) in [6, 6.07) is 3.33. The molecular weight excluding hydrogens is 220 g/mol. The molecule has 0 aliphatic rings. The topological polar surface area (TPSA) is 42.0 Å². The molecule has 0 bridgehead atoms. The molecular formula is C9H11ClN2OS. The second-order valence-electron chi connectivity index (χ2n) is 2.66. The summed E-state index contributed by atoms with van der Waals surface area (Å²) < 4.78 is 0. The molecule has 3 nitrogen and oxygen atoms in total. The predicted molar refractivity (Wildman–Crippen MR) is 60.9 cm³/mol. The van der Waals surface area contributed by atoms with Crippen molar-refractivity contribution in [3.63, 3.8) is 0 Å². The van der Waals surface area contributed by atoms with Gasteiger partial charge in [-0.2, -0.15) is 11.8 Å². The highest BCUT2D eigenvalue weighted by Crippen LogP contribution is 2.12. The van der Waals surface area contributed by atoms with Crippen LogP contribution in [0.15, 0.2) is 18.3 Å². The molecule has 0 spiro atoms. The van der Waals surface area contributed by atoms with Crippen LogP contribution in [-0.4, -0.2) is 22.9 Å². The molecule has 0 radical (unpaired) electrons. The molecule has 1 heterocycles. The van der Waals surface area contributed by atoms with Crippen molar-refractivity contribution >= 4 is 35.0 Å². The molecule has 76 valence electrons. The van der Waals surface area contributed by atoms with Crippen molar-refractivity contribution in [3.8, 4) is 0 Å². The van der Waals surface area contributed by atoms with Crippen LogP contribution in [0.1, 0.15) is 6.42 Å². The lowest BCUT2D eigenvalue weighted by Crippen LogP contribution is -2.12. The Balaban J connectivity index is 2.47. The minimum absolute atomic E-state index is 0.00150. The average molecular weight is 231 g/mol. The Labute approximate surface area is 92.2 Å². The number of nitrogens with one attached hydrogen (secondary N) is 1. The van der Waals surface area contributed by atoms with Crippen LogP contribution in [-0.2, 0) is 4.79 Å². The van der Waals surface area contributed by atoms with Crippen LogP contribution in [0.2, 0.25) is 5.15 Å². The van der Waals surface area contributed by atoms with Crippen LogP contribution in [0, 0.1) is 0 Å². The third-order valence-corrected chi connectivity index (χ3v) is 2.36. The molecule has 0 aliphatic heterocycles. The molecule has 5 heteroatoms. The molecule has 0 saturated heterocycles. The Hall–Kier alpha value is -0.740. The molecule has 1 aromatic heterocycles. The van der Waals surface area contributed by atoms with Crippen molar-refractivity contribution in [2.45, 2.75) is 6.42 Å². The van der Waals surface area contributed by atoms with E-state index in [1.54, 1.807) is 30.1 Å². The van der Waals surface area contributed by atoms with Gasteiger partial charge in [-0.25, -0.2) is 4.98 Å². The summed E-state index contributed by atoms with van der Waals surface area (Å²) in [6.45, 7) is 0. The highest BCUT2D eigenvalue weighted by atomic mass is 35.5. The average Bonchev–Trinajstić information content (AvgIpc) is 2.15. The van der Waals surface area contributed by atoms with Gasteiger partial charge in [-0.3, -0.25) is 4.79 Å². The van der Waals surface area contributed by atoms with Gasteiger partial charge < -0.3 is 5.32 Å². The van der Waals surface area contributed by atoms with E-state index in [1.807, 2.05) is 6.26 Å². The monoisotopic (exact) mass is 230 g/mol. The summed E-state index contributed by atoms with van der Waals surface area (Å²) in [5, 5.41) is 3.12. The van der Waals surface area contributed by atoms with E-state index in [9.17, 15) is 4.79 Å². The summed E-state index contributed by atoms with van der Waals surface area (Å²) in [6.07, 6.45) is 4.05. The van der Waals surface area contributed by atoms with E-state index in [-0.39, 0.29) is 5.91 Å². The summed E-state index contributed by atoms with van der Waals surface area (Å²) in [7, 11) is 0. The minimum atomic E-state index is 0.00150. The number of rotatable bonds is 4. The number of carbonyl (C=O) groups excluding carboxylic acids is 1. The van der Waals surface area contributed by atoms with Crippen molar-refractivity contribution in [3.05, 3.63) is 23.5 Å². The Morgan fingerprint density at radius 1 is 1.71 bits per heavy atom. The molecule has 14 heavy (non-hydrogen) atoms. The molecule has 1 amide bonds. The summed E-state index contributed by atoms with van der Waals surface area (Å²) in [5.74, 6) is 0.826. The molecule has 1 aromatic rings. The second kappa shape index (κ2) is 5.88. The molecule has 1 rings (SSSR count). The fourth-order valence-corrected chi connectivity index (χ4v) is 1.46. The van der Waals surface area contributed by atoms with Gasteiger partial charge in [0.2, 0.25) is 5.91 Å². The maximum atomic E-state index is 11.3. The lowest BCUT2D eigenvalue weighted by molar-refractivity contribution is -0.115.